The highest BCUT2D eigenvalue weighted by molar-refractivity contribution is 7.98. The summed E-state index contributed by atoms with van der Waals surface area (Å²) in [4.78, 5) is 41.7. The molecule has 43 heavy (non-hydrogen) atoms. The van der Waals surface area contributed by atoms with Gasteiger partial charge in [0.15, 0.2) is 5.69 Å². The molecule has 4 heterocycles. The van der Waals surface area contributed by atoms with Crippen molar-refractivity contribution in [3.05, 3.63) is 93.2 Å². The van der Waals surface area contributed by atoms with Crippen LogP contribution in [0, 0.1) is 11.7 Å². The Labute approximate surface area is 253 Å². The summed E-state index contributed by atoms with van der Waals surface area (Å²) >= 11 is 1.65. The number of piperidine rings is 1. The van der Waals surface area contributed by atoms with E-state index in [0.29, 0.717) is 30.2 Å². The number of pyridine rings is 1. The summed E-state index contributed by atoms with van der Waals surface area (Å²) in [6.45, 7) is 2.04. The number of benzene rings is 2. The maximum Gasteiger partial charge on any atom is 0.510 e. The van der Waals surface area contributed by atoms with Crippen molar-refractivity contribution in [1.82, 2.24) is 9.58 Å². The van der Waals surface area contributed by atoms with Crippen molar-refractivity contribution >= 4 is 23.8 Å². The molecule has 1 fully saturated rings. The van der Waals surface area contributed by atoms with Crippen LogP contribution in [0.5, 0.6) is 5.75 Å². The van der Waals surface area contributed by atoms with Crippen molar-refractivity contribution in [2.45, 2.75) is 61.9 Å². The van der Waals surface area contributed by atoms with Crippen LogP contribution < -0.4 is 15.2 Å². The third kappa shape index (κ3) is 5.35. The van der Waals surface area contributed by atoms with E-state index in [1.54, 1.807) is 33.6 Å². The lowest BCUT2D eigenvalue weighted by Crippen LogP contribution is -2.64. The van der Waals surface area contributed by atoms with Gasteiger partial charge in [0.2, 0.25) is 18.0 Å². The van der Waals surface area contributed by atoms with Crippen LogP contribution in [0.4, 0.5) is 9.18 Å². The number of rotatable bonds is 7. The minimum atomic E-state index is -0.980. The van der Waals surface area contributed by atoms with E-state index in [-0.39, 0.29) is 23.2 Å². The highest BCUT2D eigenvalue weighted by Gasteiger charge is 2.47. The van der Waals surface area contributed by atoms with Gasteiger partial charge >= 0.3 is 6.16 Å². The predicted octanol–water partition coefficient (Wildman–Crippen LogP) is 5.82. The van der Waals surface area contributed by atoms with E-state index in [2.05, 4.69) is 16.7 Å². The molecule has 1 aromatic heterocycles. The van der Waals surface area contributed by atoms with Crippen LogP contribution in [-0.2, 0) is 15.2 Å². The number of unbranched alkanes of at least 4 members (excludes halogenated alkanes) is 1. The van der Waals surface area contributed by atoms with Crippen LogP contribution in [0.2, 0.25) is 0 Å². The summed E-state index contributed by atoms with van der Waals surface area (Å²) < 4.78 is 32.7. The molecular weight excluding hydrogens is 573 g/mol. The second kappa shape index (κ2) is 12.3. The molecule has 0 bridgehead atoms. The topological polar surface area (TPSA) is 90.3 Å². The molecule has 1 amide bonds. The molecule has 0 spiro atoms. The molecule has 226 valence electrons. The van der Waals surface area contributed by atoms with Crippen molar-refractivity contribution in [3.8, 4) is 5.75 Å². The fourth-order valence-electron chi connectivity index (χ4n) is 6.50. The second-order valence-electron chi connectivity index (χ2n) is 11.0. The molecule has 2 aromatic carbocycles. The van der Waals surface area contributed by atoms with Crippen LogP contribution in [-0.4, -0.2) is 48.3 Å². The molecule has 11 heteroatoms. The molecule has 3 atom stereocenters. The standard InChI is InChI=1S/C32H34FN3O6S/c1-3-4-8-20-13-15-34-26(17-20)36(35-16-14-24(37)30(29(35)31(34)38)41-19-42-32(39)40-2)28-22-10-5-6-12-25(22)43-18-21-9-7-11-23(33)27(21)28/h5-7,9-12,14,16,20,26,28H,3-4,8,13,15,17-19H2,1-2H3/t20?,26?,28-/m1/s1. The van der Waals surface area contributed by atoms with Crippen molar-refractivity contribution in [3.63, 3.8) is 0 Å². The highest BCUT2D eigenvalue weighted by Crippen LogP contribution is 2.46. The van der Waals surface area contributed by atoms with E-state index in [0.717, 1.165) is 48.8 Å². The number of halogens is 1. The van der Waals surface area contributed by atoms with Gasteiger partial charge in [0.05, 0.1) is 7.11 Å². The number of hydrogen-bond donors (Lipinski definition) is 0. The number of amides is 1. The molecular formula is C32H34FN3O6S. The molecule has 2 unspecified atom stereocenters. The maximum atomic E-state index is 16.0. The average Bonchev–Trinajstić information content (AvgIpc) is 3.19. The number of nitrogens with zero attached hydrogens (tertiary/aromatic N) is 3. The number of carbonyl (C=O) groups is 2. The Kier molecular flexibility index (Phi) is 8.34. The number of carbonyl (C=O) groups excluding carboxylic acids is 2. The van der Waals surface area contributed by atoms with E-state index in [9.17, 15) is 14.4 Å². The molecule has 1 saturated heterocycles. The van der Waals surface area contributed by atoms with Gasteiger partial charge in [0.1, 0.15) is 18.0 Å². The summed E-state index contributed by atoms with van der Waals surface area (Å²) in [5, 5.41) is 2.05. The zero-order valence-corrected chi connectivity index (χ0v) is 25.0. The monoisotopic (exact) mass is 607 g/mol. The van der Waals surface area contributed by atoms with Crippen molar-refractivity contribution in [2.75, 3.05) is 25.5 Å². The molecule has 3 aliphatic heterocycles. The molecule has 0 radical (unpaired) electrons. The van der Waals surface area contributed by atoms with Crippen LogP contribution in [0.1, 0.15) is 72.2 Å². The number of methoxy groups -OCH3 is 1. The van der Waals surface area contributed by atoms with Gasteiger partial charge in [-0.1, -0.05) is 56.5 Å². The first-order chi connectivity index (χ1) is 20.9. The Morgan fingerprint density at radius 2 is 1.95 bits per heavy atom. The van der Waals surface area contributed by atoms with Gasteiger partial charge in [-0.15, -0.1) is 11.8 Å². The number of hydrogen-bond acceptors (Lipinski definition) is 8. The molecule has 0 N–H and O–H groups in total. The lowest BCUT2D eigenvalue weighted by Gasteiger charge is -2.53. The first-order valence-corrected chi connectivity index (χ1v) is 15.6. The second-order valence-corrected chi connectivity index (χ2v) is 12.0. The van der Waals surface area contributed by atoms with E-state index >= 15 is 4.39 Å². The fraction of sp³-hybridized carbons (Fsp3) is 0.406. The molecule has 0 aliphatic carbocycles. The number of aromatic nitrogens is 1. The zero-order chi connectivity index (χ0) is 30.1. The van der Waals surface area contributed by atoms with Crippen molar-refractivity contribution < 1.29 is 28.2 Å². The number of ether oxygens (including phenoxy) is 3. The molecule has 6 rings (SSSR count). The van der Waals surface area contributed by atoms with Crippen LogP contribution >= 0.6 is 11.8 Å². The smallest absolute Gasteiger partial charge is 0.451 e. The summed E-state index contributed by atoms with van der Waals surface area (Å²) in [7, 11) is 1.16. The quantitative estimate of drug-likeness (QED) is 0.245. The normalized spacial score (nSPS) is 20.7. The van der Waals surface area contributed by atoms with E-state index in [4.69, 9.17) is 9.47 Å². The van der Waals surface area contributed by atoms with Gasteiger partial charge < -0.3 is 19.1 Å². The lowest BCUT2D eigenvalue weighted by molar-refractivity contribution is 0.0119. The summed E-state index contributed by atoms with van der Waals surface area (Å²) in [5.41, 5.74) is 1.82. The Bertz CT molecular complexity index is 1600. The first kappa shape index (κ1) is 29.1. The van der Waals surface area contributed by atoms with E-state index < -0.39 is 30.6 Å². The van der Waals surface area contributed by atoms with Gasteiger partial charge in [-0.05, 0) is 42.0 Å². The largest absolute Gasteiger partial charge is 0.510 e. The number of fused-ring (bicyclic) bond motifs is 4. The summed E-state index contributed by atoms with van der Waals surface area (Å²) in [6.07, 6.45) is 4.94. The maximum absolute atomic E-state index is 16.0. The molecule has 3 aliphatic rings. The van der Waals surface area contributed by atoms with Gasteiger partial charge in [-0.25, -0.2) is 9.18 Å². The van der Waals surface area contributed by atoms with E-state index in [1.807, 2.05) is 30.3 Å². The molecule has 0 saturated carbocycles. The third-order valence-corrected chi connectivity index (χ3v) is 9.66. The van der Waals surface area contributed by atoms with Gasteiger partial charge in [0, 0.05) is 35.0 Å². The molecule has 9 nitrogen and oxygen atoms in total. The Balaban J connectivity index is 1.56. The fourth-order valence-corrected chi connectivity index (χ4v) is 7.59. The summed E-state index contributed by atoms with van der Waals surface area (Å²) in [6, 6.07) is 13.9. The first-order valence-electron chi connectivity index (χ1n) is 14.6. The molecule has 3 aromatic rings. The van der Waals surface area contributed by atoms with E-state index in [1.165, 1.54) is 12.1 Å². The predicted molar refractivity (Wildman–Crippen MR) is 159 cm³/mol. The zero-order valence-electron chi connectivity index (χ0n) is 24.2. The summed E-state index contributed by atoms with van der Waals surface area (Å²) in [5.74, 6) is 0.0603. The Morgan fingerprint density at radius 3 is 2.77 bits per heavy atom. The third-order valence-electron chi connectivity index (χ3n) is 8.53. The van der Waals surface area contributed by atoms with Crippen LogP contribution in [0.3, 0.4) is 0 Å². The van der Waals surface area contributed by atoms with Gasteiger partial charge in [0.25, 0.3) is 5.91 Å². The highest BCUT2D eigenvalue weighted by atomic mass is 32.2. The average molecular weight is 608 g/mol. The van der Waals surface area contributed by atoms with Crippen molar-refractivity contribution in [2.24, 2.45) is 5.92 Å². The minimum absolute atomic E-state index is 0.0106. The minimum Gasteiger partial charge on any atom is -0.451 e. The SMILES string of the molecule is CCCCC1CCN2C(=O)c3c(OCOC(=O)OC)c(=O)ccn3N([C@@H]3c4ccccc4SCc4cccc(F)c43)C2C1. The van der Waals surface area contributed by atoms with Crippen LogP contribution in [0.15, 0.2) is 64.4 Å². The van der Waals surface area contributed by atoms with Gasteiger partial charge in [-0.3, -0.25) is 19.3 Å². The Morgan fingerprint density at radius 1 is 1.12 bits per heavy atom. The van der Waals surface area contributed by atoms with Crippen LogP contribution in [0.25, 0.3) is 0 Å². The van der Waals surface area contributed by atoms with Crippen molar-refractivity contribution in [1.29, 1.82) is 0 Å². The number of thioether (sulfide) groups is 1. The lowest BCUT2D eigenvalue weighted by atomic mass is 9.87. The Hall–Kier alpha value is -3.99. The van der Waals surface area contributed by atoms with Gasteiger partial charge in [-0.2, -0.15) is 0 Å².